The van der Waals surface area contributed by atoms with Gasteiger partial charge < -0.3 is 0 Å². The minimum absolute atomic E-state index is 0.149. The highest BCUT2D eigenvalue weighted by molar-refractivity contribution is 5.96. The fourth-order valence-corrected chi connectivity index (χ4v) is 1.99. The number of aryl methyl sites for hydroxylation is 1. The van der Waals surface area contributed by atoms with E-state index in [0.29, 0.717) is 19.3 Å². The van der Waals surface area contributed by atoms with Gasteiger partial charge in [0.05, 0.1) is 0 Å². The van der Waals surface area contributed by atoms with Crippen molar-refractivity contribution in [2.45, 2.75) is 32.6 Å². The maximum absolute atomic E-state index is 11.5. The number of benzene rings is 1. The highest BCUT2D eigenvalue weighted by Gasteiger charge is 2.16. The van der Waals surface area contributed by atoms with E-state index in [0.717, 1.165) is 17.5 Å². The zero-order valence-corrected chi connectivity index (χ0v) is 8.88. The number of rotatable bonds is 2. The first kappa shape index (κ1) is 10.1. The van der Waals surface area contributed by atoms with E-state index < -0.39 is 0 Å². The summed E-state index contributed by atoms with van der Waals surface area (Å²) in [5.74, 6) is 0.430. The number of carbonyl (C=O) groups excluding carboxylic acids is 2. The van der Waals surface area contributed by atoms with Crippen molar-refractivity contribution in [1.82, 2.24) is 0 Å². The van der Waals surface area contributed by atoms with Crippen LogP contribution in [-0.4, -0.2) is 11.6 Å². The van der Waals surface area contributed by atoms with Crippen molar-refractivity contribution in [1.29, 1.82) is 0 Å². The molecule has 2 rings (SSSR count). The van der Waals surface area contributed by atoms with Gasteiger partial charge in [0.2, 0.25) is 0 Å². The van der Waals surface area contributed by atoms with Gasteiger partial charge in [0.1, 0.15) is 5.78 Å². The second-order valence-corrected chi connectivity index (χ2v) is 3.98. The summed E-state index contributed by atoms with van der Waals surface area (Å²) < 4.78 is 0. The normalized spacial score (nSPS) is 14.9. The Morgan fingerprint density at radius 3 is 2.80 bits per heavy atom. The standard InChI is InChI=1S/C13H14O2/c1-2-13(15)10-4-3-9-5-6-12(14)8-11(9)7-10/h3-4,7H,2,5-6,8H2,1H3. The average molecular weight is 202 g/mol. The van der Waals surface area contributed by atoms with Gasteiger partial charge in [0.25, 0.3) is 0 Å². The van der Waals surface area contributed by atoms with Crippen LogP contribution < -0.4 is 0 Å². The van der Waals surface area contributed by atoms with E-state index >= 15 is 0 Å². The summed E-state index contributed by atoms with van der Waals surface area (Å²) in [4.78, 5) is 22.8. The summed E-state index contributed by atoms with van der Waals surface area (Å²) in [6.07, 6.45) is 2.50. The summed E-state index contributed by atoms with van der Waals surface area (Å²) in [5, 5.41) is 0. The number of hydrogen-bond donors (Lipinski definition) is 0. The molecule has 0 aromatic heterocycles. The second-order valence-electron chi connectivity index (χ2n) is 3.98. The van der Waals surface area contributed by atoms with Crippen LogP contribution in [0, 0.1) is 0 Å². The fraction of sp³-hybridized carbons (Fsp3) is 0.385. The van der Waals surface area contributed by atoms with Crippen molar-refractivity contribution < 1.29 is 9.59 Å². The average Bonchev–Trinajstić information content (AvgIpc) is 2.27. The molecule has 0 fully saturated rings. The SMILES string of the molecule is CCC(=O)c1ccc2c(c1)CC(=O)CC2. The van der Waals surface area contributed by atoms with Crippen LogP contribution in [0.5, 0.6) is 0 Å². The molecule has 0 amide bonds. The molecule has 2 nitrogen and oxygen atoms in total. The van der Waals surface area contributed by atoms with Crippen LogP contribution in [0.1, 0.15) is 41.3 Å². The molecule has 2 heteroatoms. The van der Waals surface area contributed by atoms with Gasteiger partial charge >= 0.3 is 0 Å². The topological polar surface area (TPSA) is 34.1 Å². The smallest absolute Gasteiger partial charge is 0.162 e. The molecule has 0 aliphatic heterocycles. The van der Waals surface area contributed by atoms with Gasteiger partial charge in [0.15, 0.2) is 5.78 Å². The number of hydrogen-bond acceptors (Lipinski definition) is 2. The molecule has 0 spiro atoms. The lowest BCUT2D eigenvalue weighted by molar-refractivity contribution is -0.118. The zero-order chi connectivity index (χ0) is 10.8. The lowest BCUT2D eigenvalue weighted by atomic mass is 9.89. The van der Waals surface area contributed by atoms with E-state index in [1.54, 1.807) is 0 Å². The molecule has 0 radical (unpaired) electrons. The summed E-state index contributed by atoms with van der Waals surface area (Å²) in [7, 11) is 0. The monoisotopic (exact) mass is 202 g/mol. The summed E-state index contributed by atoms with van der Waals surface area (Å²) in [6, 6.07) is 5.75. The van der Waals surface area contributed by atoms with E-state index in [2.05, 4.69) is 0 Å². The predicted molar refractivity (Wildman–Crippen MR) is 58.1 cm³/mol. The van der Waals surface area contributed by atoms with Crippen LogP contribution in [0.15, 0.2) is 18.2 Å². The summed E-state index contributed by atoms with van der Waals surface area (Å²) >= 11 is 0. The van der Waals surface area contributed by atoms with Gasteiger partial charge in [-0.05, 0) is 23.6 Å². The van der Waals surface area contributed by atoms with Crippen LogP contribution in [-0.2, 0) is 17.6 Å². The fourth-order valence-electron chi connectivity index (χ4n) is 1.99. The molecule has 15 heavy (non-hydrogen) atoms. The number of ketones is 2. The van der Waals surface area contributed by atoms with Gasteiger partial charge in [-0.25, -0.2) is 0 Å². The number of fused-ring (bicyclic) bond motifs is 1. The van der Waals surface area contributed by atoms with E-state index in [4.69, 9.17) is 0 Å². The number of carbonyl (C=O) groups is 2. The predicted octanol–water partition coefficient (Wildman–Crippen LogP) is 2.34. The summed E-state index contributed by atoms with van der Waals surface area (Å²) in [5.41, 5.74) is 3.01. The maximum Gasteiger partial charge on any atom is 0.162 e. The molecule has 1 aliphatic rings. The third kappa shape index (κ3) is 1.99. The minimum atomic E-state index is 0.149. The quantitative estimate of drug-likeness (QED) is 0.690. The van der Waals surface area contributed by atoms with Crippen LogP contribution in [0.2, 0.25) is 0 Å². The van der Waals surface area contributed by atoms with Crippen molar-refractivity contribution in [3.05, 3.63) is 34.9 Å². The third-order valence-corrected chi connectivity index (χ3v) is 2.91. The van der Waals surface area contributed by atoms with Gasteiger partial charge in [-0.3, -0.25) is 9.59 Å². The molecule has 0 heterocycles. The van der Waals surface area contributed by atoms with Crippen molar-refractivity contribution in [2.75, 3.05) is 0 Å². The molecular weight excluding hydrogens is 188 g/mol. The highest BCUT2D eigenvalue weighted by atomic mass is 16.1. The van der Waals surface area contributed by atoms with Gasteiger partial charge in [0, 0.05) is 24.8 Å². The van der Waals surface area contributed by atoms with Crippen LogP contribution in [0.3, 0.4) is 0 Å². The molecular formula is C13H14O2. The van der Waals surface area contributed by atoms with Gasteiger partial charge in [-0.1, -0.05) is 19.1 Å². The lowest BCUT2D eigenvalue weighted by Crippen LogP contribution is -2.14. The molecule has 0 saturated carbocycles. The van der Waals surface area contributed by atoms with Gasteiger partial charge in [-0.2, -0.15) is 0 Å². The second kappa shape index (κ2) is 3.97. The first-order valence-corrected chi connectivity index (χ1v) is 5.37. The third-order valence-electron chi connectivity index (χ3n) is 2.91. The summed E-state index contributed by atoms with van der Waals surface area (Å²) in [6.45, 7) is 1.85. The van der Waals surface area contributed by atoms with Crippen molar-refractivity contribution in [2.24, 2.45) is 0 Å². The largest absolute Gasteiger partial charge is 0.299 e. The number of Topliss-reactive ketones (excluding diaryl/α,β-unsaturated/α-hetero) is 2. The zero-order valence-electron chi connectivity index (χ0n) is 8.88. The Morgan fingerprint density at radius 2 is 2.07 bits per heavy atom. The molecule has 1 aromatic carbocycles. The van der Waals surface area contributed by atoms with Gasteiger partial charge in [-0.15, -0.1) is 0 Å². The highest BCUT2D eigenvalue weighted by Crippen LogP contribution is 2.21. The first-order valence-electron chi connectivity index (χ1n) is 5.37. The molecule has 1 aromatic rings. The van der Waals surface area contributed by atoms with Crippen LogP contribution >= 0.6 is 0 Å². The Hall–Kier alpha value is -1.44. The van der Waals surface area contributed by atoms with Crippen molar-refractivity contribution in [3.63, 3.8) is 0 Å². The Bertz CT molecular complexity index is 419. The Morgan fingerprint density at radius 1 is 1.27 bits per heavy atom. The van der Waals surface area contributed by atoms with Crippen molar-refractivity contribution in [3.8, 4) is 0 Å². The van der Waals surface area contributed by atoms with E-state index in [1.807, 2.05) is 25.1 Å². The minimum Gasteiger partial charge on any atom is -0.299 e. The Balaban J connectivity index is 2.36. The maximum atomic E-state index is 11.5. The van der Waals surface area contributed by atoms with Crippen LogP contribution in [0.25, 0.3) is 0 Å². The lowest BCUT2D eigenvalue weighted by Gasteiger charge is -2.15. The molecule has 1 aliphatic carbocycles. The Kier molecular flexibility index (Phi) is 2.67. The first-order chi connectivity index (χ1) is 7.20. The van der Waals surface area contributed by atoms with E-state index in [9.17, 15) is 9.59 Å². The molecule has 0 N–H and O–H groups in total. The van der Waals surface area contributed by atoms with E-state index in [1.165, 1.54) is 5.56 Å². The Labute approximate surface area is 89.3 Å². The van der Waals surface area contributed by atoms with Crippen LogP contribution in [0.4, 0.5) is 0 Å². The molecule has 0 atom stereocenters. The van der Waals surface area contributed by atoms with Crippen molar-refractivity contribution >= 4 is 11.6 Å². The molecule has 0 unspecified atom stereocenters. The molecule has 78 valence electrons. The van der Waals surface area contributed by atoms with E-state index in [-0.39, 0.29) is 11.6 Å². The molecule has 0 saturated heterocycles. The molecule has 0 bridgehead atoms.